The molecule has 2 aromatic carbocycles. The van der Waals surface area contributed by atoms with E-state index in [1.807, 2.05) is 0 Å². The molecule has 0 unspecified atom stereocenters. The lowest BCUT2D eigenvalue weighted by atomic mass is 10.2. The Balaban J connectivity index is 1.87. The highest BCUT2D eigenvalue weighted by Gasteiger charge is 2.11. The first-order chi connectivity index (χ1) is 9.72. The summed E-state index contributed by atoms with van der Waals surface area (Å²) < 4.78 is 10.9. The van der Waals surface area contributed by atoms with E-state index in [4.69, 9.17) is 9.47 Å². The van der Waals surface area contributed by atoms with Crippen molar-refractivity contribution in [2.45, 2.75) is 0 Å². The number of hydrogen-bond donors (Lipinski definition) is 2. The third-order valence-electron chi connectivity index (χ3n) is 2.89. The molecule has 5 nitrogen and oxygen atoms in total. The van der Waals surface area contributed by atoms with Gasteiger partial charge in [-0.15, -0.1) is 0 Å². The van der Waals surface area contributed by atoms with Crippen LogP contribution in [0, 0.1) is 0 Å². The van der Waals surface area contributed by atoms with Gasteiger partial charge in [0.2, 0.25) is 0 Å². The number of nitrogens with zero attached hydrogens (tertiary/aromatic N) is 1. The molecule has 0 aliphatic carbocycles. The number of phenols is 2. The molecule has 0 saturated heterocycles. The van der Waals surface area contributed by atoms with Crippen molar-refractivity contribution in [3.63, 3.8) is 0 Å². The van der Waals surface area contributed by atoms with Crippen molar-refractivity contribution in [2.75, 3.05) is 13.2 Å². The summed E-state index contributed by atoms with van der Waals surface area (Å²) >= 11 is 0. The highest BCUT2D eigenvalue weighted by molar-refractivity contribution is 5.86. The van der Waals surface area contributed by atoms with Crippen LogP contribution in [0.15, 0.2) is 41.4 Å². The molecular formula is C15H13NO4. The maximum absolute atomic E-state index is 9.66. The van der Waals surface area contributed by atoms with Gasteiger partial charge in [0, 0.05) is 17.8 Å². The summed E-state index contributed by atoms with van der Waals surface area (Å²) in [5.41, 5.74) is 1.12. The predicted molar refractivity (Wildman–Crippen MR) is 74.5 cm³/mol. The number of phenolic OH excluding ortho intramolecular Hbond substituents is 2. The van der Waals surface area contributed by atoms with Gasteiger partial charge in [-0.1, -0.05) is 0 Å². The summed E-state index contributed by atoms with van der Waals surface area (Å²) in [4.78, 5) is 4.25. The molecule has 0 saturated carbocycles. The first-order valence-electron chi connectivity index (χ1n) is 6.18. The van der Waals surface area contributed by atoms with E-state index in [1.165, 1.54) is 24.4 Å². The Morgan fingerprint density at radius 1 is 0.950 bits per heavy atom. The van der Waals surface area contributed by atoms with Gasteiger partial charge in [-0.25, -0.2) is 0 Å². The van der Waals surface area contributed by atoms with Crippen LogP contribution in [0.1, 0.15) is 5.56 Å². The Morgan fingerprint density at radius 2 is 1.75 bits per heavy atom. The van der Waals surface area contributed by atoms with Crippen molar-refractivity contribution in [1.82, 2.24) is 0 Å². The minimum atomic E-state index is 0.0593. The Bertz CT molecular complexity index is 667. The Kier molecular flexibility index (Phi) is 3.16. The molecule has 1 aliphatic heterocycles. The number of aliphatic imine (C=N–C) groups is 1. The lowest BCUT2D eigenvalue weighted by Crippen LogP contribution is -2.14. The van der Waals surface area contributed by atoms with Crippen molar-refractivity contribution in [1.29, 1.82) is 0 Å². The van der Waals surface area contributed by atoms with Gasteiger partial charge in [0.05, 0.1) is 5.69 Å². The average molecular weight is 271 g/mol. The van der Waals surface area contributed by atoms with Crippen LogP contribution in [0.25, 0.3) is 0 Å². The minimum Gasteiger partial charge on any atom is -0.508 e. The molecule has 0 amide bonds. The van der Waals surface area contributed by atoms with Crippen molar-refractivity contribution in [3.8, 4) is 23.0 Å². The van der Waals surface area contributed by atoms with Crippen LogP contribution >= 0.6 is 0 Å². The summed E-state index contributed by atoms with van der Waals surface area (Å²) in [6.45, 7) is 1.07. The van der Waals surface area contributed by atoms with Gasteiger partial charge < -0.3 is 19.7 Å². The van der Waals surface area contributed by atoms with Crippen LogP contribution < -0.4 is 9.47 Å². The van der Waals surface area contributed by atoms with Crippen LogP contribution in [0.2, 0.25) is 0 Å². The van der Waals surface area contributed by atoms with Gasteiger partial charge in [0.15, 0.2) is 11.5 Å². The van der Waals surface area contributed by atoms with E-state index in [0.717, 1.165) is 0 Å². The molecule has 102 valence electrons. The zero-order chi connectivity index (χ0) is 13.9. The number of aromatic hydroxyl groups is 2. The van der Waals surface area contributed by atoms with E-state index >= 15 is 0 Å². The van der Waals surface area contributed by atoms with Crippen LogP contribution in [-0.4, -0.2) is 29.6 Å². The molecule has 1 aliphatic rings. The molecule has 0 fully saturated rings. The van der Waals surface area contributed by atoms with Crippen LogP contribution in [0.4, 0.5) is 5.69 Å². The highest BCUT2D eigenvalue weighted by atomic mass is 16.6. The van der Waals surface area contributed by atoms with Crippen molar-refractivity contribution in [2.24, 2.45) is 4.99 Å². The third kappa shape index (κ3) is 2.51. The van der Waals surface area contributed by atoms with E-state index in [9.17, 15) is 10.2 Å². The number of fused-ring (bicyclic) bond motifs is 1. The number of ether oxygens (including phenoxy) is 2. The maximum Gasteiger partial charge on any atom is 0.163 e. The minimum absolute atomic E-state index is 0.0593. The van der Waals surface area contributed by atoms with Crippen molar-refractivity contribution >= 4 is 11.9 Å². The Morgan fingerprint density at radius 3 is 2.60 bits per heavy atom. The smallest absolute Gasteiger partial charge is 0.163 e. The maximum atomic E-state index is 9.66. The summed E-state index contributed by atoms with van der Waals surface area (Å²) in [7, 11) is 0. The number of hydrogen-bond acceptors (Lipinski definition) is 5. The lowest BCUT2D eigenvalue weighted by molar-refractivity contribution is 0.171. The molecule has 3 rings (SSSR count). The number of rotatable bonds is 2. The number of benzene rings is 2. The van der Waals surface area contributed by atoms with Gasteiger partial charge in [-0.05, 0) is 30.3 Å². The third-order valence-corrected chi connectivity index (χ3v) is 2.89. The lowest BCUT2D eigenvalue weighted by Gasteiger charge is -2.18. The molecule has 0 bridgehead atoms. The zero-order valence-electron chi connectivity index (χ0n) is 10.6. The second-order valence-electron chi connectivity index (χ2n) is 4.33. The summed E-state index contributed by atoms with van der Waals surface area (Å²) in [5.74, 6) is 1.50. The van der Waals surface area contributed by atoms with E-state index in [0.29, 0.717) is 36.0 Å². The largest absolute Gasteiger partial charge is 0.508 e. The fourth-order valence-corrected chi connectivity index (χ4v) is 1.90. The Labute approximate surface area is 115 Å². The van der Waals surface area contributed by atoms with Gasteiger partial charge in [0.1, 0.15) is 24.7 Å². The van der Waals surface area contributed by atoms with E-state index in [-0.39, 0.29) is 11.5 Å². The van der Waals surface area contributed by atoms with Gasteiger partial charge in [-0.3, -0.25) is 4.99 Å². The second-order valence-corrected chi connectivity index (χ2v) is 4.33. The molecule has 0 aromatic heterocycles. The summed E-state index contributed by atoms with van der Waals surface area (Å²) in [6, 6.07) is 9.63. The fraction of sp³-hybridized carbons (Fsp3) is 0.133. The Hall–Kier alpha value is -2.69. The van der Waals surface area contributed by atoms with Crippen molar-refractivity contribution < 1.29 is 19.7 Å². The molecule has 0 atom stereocenters. The van der Waals surface area contributed by atoms with E-state index in [2.05, 4.69) is 4.99 Å². The van der Waals surface area contributed by atoms with Crippen LogP contribution in [0.3, 0.4) is 0 Å². The molecular weight excluding hydrogens is 258 g/mol. The van der Waals surface area contributed by atoms with Gasteiger partial charge >= 0.3 is 0 Å². The highest BCUT2D eigenvalue weighted by Crippen LogP contribution is 2.33. The van der Waals surface area contributed by atoms with Crippen molar-refractivity contribution in [3.05, 3.63) is 42.0 Å². The zero-order valence-corrected chi connectivity index (χ0v) is 10.6. The predicted octanol–water partition coefficient (Wildman–Crippen LogP) is 2.62. The molecule has 5 heteroatoms. The average Bonchev–Trinajstić information content (AvgIpc) is 2.48. The first kappa shape index (κ1) is 12.3. The van der Waals surface area contributed by atoms with Crippen LogP contribution in [-0.2, 0) is 0 Å². The molecule has 0 spiro atoms. The normalized spacial score (nSPS) is 13.6. The fourth-order valence-electron chi connectivity index (χ4n) is 1.90. The first-order valence-corrected chi connectivity index (χ1v) is 6.18. The second kappa shape index (κ2) is 5.13. The quantitative estimate of drug-likeness (QED) is 0.650. The van der Waals surface area contributed by atoms with E-state index in [1.54, 1.807) is 18.2 Å². The molecule has 2 aromatic rings. The molecule has 20 heavy (non-hydrogen) atoms. The van der Waals surface area contributed by atoms with Gasteiger partial charge in [0.25, 0.3) is 0 Å². The van der Waals surface area contributed by atoms with Crippen LogP contribution in [0.5, 0.6) is 23.0 Å². The summed E-state index contributed by atoms with van der Waals surface area (Å²) in [5, 5.41) is 19.0. The molecule has 0 radical (unpaired) electrons. The molecule has 2 N–H and O–H groups in total. The standard InChI is InChI=1S/C15H13NO4/c17-12-2-3-13(18)10(7-12)9-16-11-1-4-14-15(8-11)20-6-5-19-14/h1-4,7-9,17-18H,5-6H2. The molecule has 1 heterocycles. The summed E-state index contributed by atoms with van der Waals surface area (Å²) in [6.07, 6.45) is 1.49. The topological polar surface area (TPSA) is 71.3 Å². The van der Waals surface area contributed by atoms with Gasteiger partial charge in [-0.2, -0.15) is 0 Å². The van der Waals surface area contributed by atoms with E-state index < -0.39 is 0 Å². The monoisotopic (exact) mass is 271 g/mol. The SMILES string of the molecule is Oc1ccc(O)c(C=Nc2ccc3c(c2)OCCO3)c1.